The predicted molar refractivity (Wildman–Crippen MR) is 81.1 cm³/mol. The highest BCUT2D eigenvalue weighted by Gasteiger charge is 2.18. The molecule has 5 nitrogen and oxygen atoms in total. The smallest absolute Gasteiger partial charge is 0.321 e. The normalized spacial score (nSPS) is 11.1. The average molecular weight is 315 g/mol. The van der Waals surface area contributed by atoms with Gasteiger partial charge in [0.15, 0.2) is 9.84 Å². The van der Waals surface area contributed by atoms with Gasteiger partial charge in [0.25, 0.3) is 0 Å². The first-order valence-electron chi connectivity index (χ1n) is 6.09. The average Bonchev–Trinajstić information content (AvgIpc) is 2.35. The van der Waals surface area contributed by atoms with E-state index < -0.39 is 21.6 Å². The quantitative estimate of drug-likeness (QED) is 0.601. The first kappa shape index (κ1) is 16.6. The molecular formula is C13H17NO4S2. The first-order valence-corrected chi connectivity index (χ1v) is 8.32. The third-order valence-electron chi connectivity index (χ3n) is 2.40. The first-order chi connectivity index (χ1) is 9.34. The van der Waals surface area contributed by atoms with Crippen LogP contribution in [0.1, 0.15) is 24.5 Å². The molecule has 1 aromatic rings. The third-order valence-corrected chi connectivity index (χ3v) is 4.09. The second-order valence-corrected chi connectivity index (χ2v) is 6.82. The minimum Gasteiger partial charge on any atom is -0.465 e. The maximum atomic E-state index is 11.9. The van der Waals surface area contributed by atoms with Crippen molar-refractivity contribution in [2.75, 3.05) is 12.4 Å². The van der Waals surface area contributed by atoms with Crippen molar-refractivity contribution in [3.63, 3.8) is 0 Å². The van der Waals surface area contributed by atoms with Gasteiger partial charge in [0, 0.05) is 5.56 Å². The molecule has 2 N–H and O–H groups in total. The molecule has 0 amide bonds. The highest BCUT2D eigenvalue weighted by atomic mass is 32.2. The summed E-state index contributed by atoms with van der Waals surface area (Å²) in [6.07, 6.45) is 0.655. The van der Waals surface area contributed by atoms with Crippen molar-refractivity contribution >= 4 is 33.0 Å². The Kier molecular flexibility index (Phi) is 6.09. The second-order valence-electron chi connectivity index (χ2n) is 4.32. The summed E-state index contributed by atoms with van der Waals surface area (Å²) >= 11 is 4.83. The number of benzene rings is 1. The third kappa shape index (κ3) is 5.66. The van der Waals surface area contributed by atoms with E-state index in [4.69, 9.17) is 22.7 Å². The van der Waals surface area contributed by atoms with Crippen molar-refractivity contribution in [3.05, 3.63) is 35.4 Å². The lowest BCUT2D eigenvalue weighted by Gasteiger charge is -2.06. The van der Waals surface area contributed by atoms with Gasteiger partial charge in [0.05, 0.1) is 12.4 Å². The summed E-state index contributed by atoms with van der Waals surface area (Å²) in [4.78, 5) is 11.5. The SMILES string of the molecule is CCCOC(=O)CS(=O)(=O)Cc1cccc(C(N)=S)c1. The van der Waals surface area contributed by atoms with E-state index in [9.17, 15) is 13.2 Å². The summed E-state index contributed by atoms with van der Waals surface area (Å²) < 4.78 is 28.5. The van der Waals surface area contributed by atoms with E-state index in [-0.39, 0.29) is 17.3 Å². The van der Waals surface area contributed by atoms with Crippen LogP contribution in [-0.4, -0.2) is 31.7 Å². The van der Waals surface area contributed by atoms with Gasteiger partial charge in [0.1, 0.15) is 10.7 Å². The fourth-order valence-corrected chi connectivity index (χ4v) is 2.92. The number of sulfone groups is 1. The van der Waals surface area contributed by atoms with Gasteiger partial charge in [-0.3, -0.25) is 4.79 Å². The van der Waals surface area contributed by atoms with Crippen molar-refractivity contribution in [3.8, 4) is 0 Å². The van der Waals surface area contributed by atoms with Crippen LogP contribution in [0, 0.1) is 0 Å². The fraction of sp³-hybridized carbons (Fsp3) is 0.385. The number of carbonyl (C=O) groups excluding carboxylic acids is 1. The van der Waals surface area contributed by atoms with Gasteiger partial charge in [0.2, 0.25) is 0 Å². The summed E-state index contributed by atoms with van der Waals surface area (Å²) in [5.74, 6) is -1.59. The molecule has 0 aliphatic rings. The van der Waals surface area contributed by atoms with E-state index in [2.05, 4.69) is 0 Å². The zero-order valence-electron chi connectivity index (χ0n) is 11.2. The van der Waals surface area contributed by atoms with Gasteiger partial charge >= 0.3 is 5.97 Å². The zero-order chi connectivity index (χ0) is 15.2. The van der Waals surface area contributed by atoms with Crippen molar-refractivity contribution < 1.29 is 17.9 Å². The van der Waals surface area contributed by atoms with Crippen molar-refractivity contribution in [1.29, 1.82) is 0 Å². The van der Waals surface area contributed by atoms with Crippen LogP contribution in [0.4, 0.5) is 0 Å². The highest BCUT2D eigenvalue weighted by Crippen LogP contribution is 2.10. The molecule has 0 atom stereocenters. The van der Waals surface area contributed by atoms with E-state index in [0.717, 1.165) is 0 Å². The number of hydrogen-bond donors (Lipinski definition) is 1. The molecule has 0 spiro atoms. The van der Waals surface area contributed by atoms with Gasteiger partial charge in [-0.25, -0.2) is 8.42 Å². The molecule has 1 aromatic carbocycles. The number of hydrogen-bond acceptors (Lipinski definition) is 5. The molecule has 0 saturated heterocycles. The Labute approximate surface area is 124 Å². The molecule has 0 aliphatic heterocycles. The standard InChI is InChI=1S/C13H17NO4S2/c1-2-6-18-12(15)9-20(16,17)8-10-4-3-5-11(7-10)13(14)19/h3-5,7H,2,6,8-9H2,1H3,(H2,14,19). The summed E-state index contributed by atoms with van der Waals surface area (Å²) in [5.41, 5.74) is 6.63. The van der Waals surface area contributed by atoms with E-state index in [1.54, 1.807) is 24.3 Å². The molecule has 0 bridgehead atoms. The van der Waals surface area contributed by atoms with Crippen LogP contribution in [0.2, 0.25) is 0 Å². The zero-order valence-corrected chi connectivity index (χ0v) is 12.8. The molecule has 0 radical (unpaired) electrons. The van der Waals surface area contributed by atoms with Gasteiger partial charge < -0.3 is 10.5 Å². The number of thiocarbonyl (C=S) groups is 1. The number of nitrogens with two attached hydrogens (primary N) is 1. The minimum atomic E-state index is -3.57. The molecule has 0 heterocycles. The van der Waals surface area contributed by atoms with Crippen LogP contribution < -0.4 is 5.73 Å². The molecule has 7 heteroatoms. The van der Waals surface area contributed by atoms with Gasteiger partial charge in [-0.2, -0.15) is 0 Å². The Morgan fingerprint density at radius 1 is 1.40 bits per heavy atom. The summed E-state index contributed by atoms with van der Waals surface area (Å²) in [5, 5.41) is 0. The summed E-state index contributed by atoms with van der Waals surface area (Å²) in [6.45, 7) is 2.06. The van der Waals surface area contributed by atoms with Gasteiger partial charge in [-0.1, -0.05) is 37.3 Å². The Morgan fingerprint density at radius 3 is 2.70 bits per heavy atom. The Bertz CT molecular complexity index is 596. The molecule has 0 fully saturated rings. The van der Waals surface area contributed by atoms with E-state index >= 15 is 0 Å². The number of ether oxygens (including phenoxy) is 1. The Balaban J connectivity index is 2.73. The summed E-state index contributed by atoms with van der Waals surface area (Å²) in [6, 6.07) is 6.64. The van der Waals surface area contributed by atoms with Gasteiger partial charge in [-0.05, 0) is 18.1 Å². The second kappa shape index (κ2) is 7.35. The summed E-state index contributed by atoms with van der Waals surface area (Å²) in [7, 11) is -3.57. The van der Waals surface area contributed by atoms with Crippen molar-refractivity contribution in [2.24, 2.45) is 5.73 Å². The van der Waals surface area contributed by atoms with Crippen LogP contribution in [0.25, 0.3) is 0 Å². The van der Waals surface area contributed by atoms with E-state index in [1.807, 2.05) is 6.92 Å². The molecular weight excluding hydrogens is 298 g/mol. The Hall–Kier alpha value is -1.47. The molecule has 1 rings (SSSR count). The van der Waals surface area contributed by atoms with E-state index in [1.165, 1.54) is 0 Å². The van der Waals surface area contributed by atoms with Crippen LogP contribution in [0.5, 0.6) is 0 Å². The van der Waals surface area contributed by atoms with Crippen molar-refractivity contribution in [2.45, 2.75) is 19.1 Å². The molecule has 0 saturated carbocycles. The molecule has 0 aromatic heterocycles. The van der Waals surface area contributed by atoms with Crippen LogP contribution in [0.15, 0.2) is 24.3 Å². The molecule has 0 unspecified atom stereocenters. The predicted octanol–water partition coefficient (Wildman–Crippen LogP) is 1.19. The van der Waals surface area contributed by atoms with Crippen LogP contribution in [-0.2, 0) is 25.1 Å². The van der Waals surface area contributed by atoms with E-state index in [0.29, 0.717) is 17.5 Å². The molecule has 20 heavy (non-hydrogen) atoms. The van der Waals surface area contributed by atoms with Crippen LogP contribution >= 0.6 is 12.2 Å². The lowest BCUT2D eigenvalue weighted by Crippen LogP contribution is -2.20. The fourth-order valence-electron chi connectivity index (χ4n) is 1.56. The minimum absolute atomic E-state index is 0.201. The topological polar surface area (TPSA) is 86.5 Å². The molecule has 0 aliphatic carbocycles. The maximum Gasteiger partial charge on any atom is 0.321 e. The molecule has 110 valence electrons. The lowest BCUT2D eigenvalue weighted by molar-refractivity contribution is -0.140. The highest BCUT2D eigenvalue weighted by molar-refractivity contribution is 7.91. The maximum absolute atomic E-state index is 11.9. The van der Waals surface area contributed by atoms with Gasteiger partial charge in [-0.15, -0.1) is 0 Å². The monoisotopic (exact) mass is 315 g/mol. The number of carbonyl (C=O) groups is 1. The van der Waals surface area contributed by atoms with Crippen LogP contribution in [0.3, 0.4) is 0 Å². The van der Waals surface area contributed by atoms with Crippen molar-refractivity contribution in [1.82, 2.24) is 0 Å². The largest absolute Gasteiger partial charge is 0.465 e. The lowest BCUT2D eigenvalue weighted by atomic mass is 10.1. The number of esters is 1. The Morgan fingerprint density at radius 2 is 2.10 bits per heavy atom. The number of rotatable bonds is 7.